The molecule has 0 amide bonds. The lowest BCUT2D eigenvalue weighted by molar-refractivity contribution is -0.137. The van der Waals surface area contributed by atoms with Crippen LogP contribution in [-0.2, 0) is 6.18 Å². The van der Waals surface area contributed by atoms with Crippen LogP contribution in [0.2, 0.25) is 0 Å². The van der Waals surface area contributed by atoms with Gasteiger partial charge in [0.2, 0.25) is 0 Å². The number of aromatic nitrogens is 4. The molecule has 10 aromatic carbocycles. The Morgan fingerprint density at radius 1 is 0.314 bits per heavy atom. The van der Waals surface area contributed by atoms with Crippen molar-refractivity contribution in [2.24, 2.45) is 0 Å². The first-order valence-electron chi connectivity index (χ1n) is 23.0. The van der Waals surface area contributed by atoms with Crippen LogP contribution in [0.1, 0.15) is 5.56 Å². The summed E-state index contributed by atoms with van der Waals surface area (Å²) >= 11 is 0. The summed E-state index contributed by atoms with van der Waals surface area (Å²) < 4.78 is 91.3. The van der Waals surface area contributed by atoms with Gasteiger partial charge in [0, 0.05) is 60.0 Å². The maximum absolute atomic E-state index is 16.8. The van der Waals surface area contributed by atoms with Gasteiger partial charge in [-0.15, -0.1) is 0 Å². The lowest BCUT2D eigenvalue weighted by atomic mass is 9.97. The first-order valence-corrected chi connectivity index (χ1v) is 23.0. The molecule has 0 atom stereocenters. The standard InChI is InChI=1S/C61H35F5N4/c62-46-24-15-25-47(63)56(46)44-34-55(70-49-27-12-8-21-39(49)41-31-33-53-58(60(41)70)43-23-10-14-29-51(43)68(53)37-18-5-2-6-19-37)45(61(64,65)66)35-54(44)69-48-26-11-7-20-38(48)40-30-32-52-57(59(40)69)42-22-9-13-28-50(42)67(52)36-16-3-1-4-17-36/h1-35H. The molecule has 0 spiro atoms. The number of hydrogen-bond donors (Lipinski definition) is 0. The quantitative estimate of drug-likeness (QED) is 0.153. The molecule has 70 heavy (non-hydrogen) atoms. The lowest BCUT2D eigenvalue weighted by Gasteiger charge is -2.23. The Morgan fingerprint density at radius 2 is 0.714 bits per heavy atom. The van der Waals surface area contributed by atoms with Crippen molar-refractivity contribution >= 4 is 87.2 Å². The molecular weight excluding hydrogens is 884 g/mol. The molecule has 0 bridgehead atoms. The predicted molar refractivity (Wildman–Crippen MR) is 274 cm³/mol. The van der Waals surface area contributed by atoms with Crippen molar-refractivity contribution in [3.8, 4) is 33.9 Å². The van der Waals surface area contributed by atoms with Crippen LogP contribution in [0.4, 0.5) is 22.0 Å². The summed E-state index contributed by atoms with van der Waals surface area (Å²) in [7, 11) is 0. The maximum atomic E-state index is 16.8. The number of fused-ring (bicyclic) bond motifs is 14. The van der Waals surface area contributed by atoms with Gasteiger partial charge in [-0.3, -0.25) is 0 Å². The van der Waals surface area contributed by atoms with E-state index in [1.807, 2.05) is 170 Å². The molecule has 0 N–H and O–H groups in total. The van der Waals surface area contributed by atoms with Crippen molar-refractivity contribution in [1.29, 1.82) is 0 Å². The third-order valence-corrected chi connectivity index (χ3v) is 14.1. The second-order valence-corrected chi connectivity index (χ2v) is 17.8. The zero-order valence-corrected chi connectivity index (χ0v) is 36.9. The van der Waals surface area contributed by atoms with E-state index >= 15 is 22.0 Å². The van der Waals surface area contributed by atoms with Crippen molar-refractivity contribution < 1.29 is 22.0 Å². The van der Waals surface area contributed by atoms with E-state index in [4.69, 9.17) is 0 Å². The van der Waals surface area contributed by atoms with Gasteiger partial charge < -0.3 is 18.3 Å². The molecule has 4 heterocycles. The van der Waals surface area contributed by atoms with Gasteiger partial charge in [-0.2, -0.15) is 13.2 Å². The molecule has 0 saturated carbocycles. The third-order valence-electron chi connectivity index (χ3n) is 14.1. The van der Waals surface area contributed by atoms with E-state index in [9.17, 15) is 0 Å². The number of hydrogen-bond acceptors (Lipinski definition) is 0. The maximum Gasteiger partial charge on any atom is 0.418 e. The third kappa shape index (κ3) is 5.57. The van der Waals surface area contributed by atoms with Crippen LogP contribution in [0, 0.1) is 11.6 Å². The number of halogens is 5. The fraction of sp³-hybridized carbons (Fsp3) is 0.0164. The molecule has 0 fully saturated rings. The van der Waals surface area contributed by atoms with Crippen molar-refractivity contribution in [3.05, 3.63) is 230 Å². The van der Waals surface area contributed by atoms with E-state index in [-0.39, 0.29) is 16.9 Å². The zero-order chi connectivity index (χ0) is 47.0. The average Bonchev–Trinajstić information content (AvgIpc) is 4.11. The first-order chi connectivity index (χ1) is 34.3. The van der Waals surface area contributed by atoms with Crippen LogP contribution in [0.15, 0.2) is 212 Å². The molecule has 0 radical (unpaired) electrons. The highest BCUT2D eigenvalue weighted by Crippen LogP contribution is 2.49. The molecule has 4 aromatic heterocycles. The highest BCUT2D eigenvalue weighted by atomic mass is 19.4. The fourth-order valence-corrected chi connectivity index (χ4v) is 11.4. The molecule has 0 saturated heterocycles. The van der Waals surface area contributed by atoms with E-state index in [1.165, 1.54) is 12.1 Å². The minimum absolute atomic E-state index is 0.0260. The van der Waals surface area contributed by atoms with Crippen LogP contribution < -0.4 is 0 Å². The van der Waals surface area contributed by atoms with Crippen LogP contribution in [0.5, 0.6) is 0 Å². The summed E-state index contributed by atoms with van der Waals surface area (Å²) in [5.74, 6) is -1.82. The predicted octanol–water partition coefficient (Wildman–Crippen LogP) is 17.0. The smallest absolute Gasteiger partial charge is 0.309 e. The van der Waals surface area contributed by atoms with Crippen LogP contribution in [-0.4, -0.2) is 18.3 Å². The summed E-state index contributed by atoms with van der Waals surface area (Å²) in [4.78, 5) is 0. The summed E-state index contributed by atoms with van der Waals surface area (Å²) in [6.45, 7) is 0. The Kier molecular flexibility index (Phi) is 8.47. The molecule has 9 heteroatoms. The van der Waals surface area contributed by atoms with Crippen LogP contribution in [0.25, 0.3) is 121 Å². The number of nitrogens with zero attached hydrogens (tertiary/aromatic N) is 4. The van der Waals surface area contributed by atoms with Gasteiger partial charge in [0.1, 0.15) is 11.6 Å². The first kappa shape index (κ1) is 40.1. The van der Waals surface area contributed by atoms with Crippen molar-refractivity contribution in [1.82, 2.24) is 18.3 Å². The molecule has 0 aliphatic carbocycles. The van der Waals surface area contributed by atoms with E-state index in [1.54, 1.807) is 21.3 Å². The van der Waals surface area contributed by atoms with Crippen molar-refractivity contribution in [2.75, 3.05) is 0 Å². The Morgan fingerprint density at radius 3 is 1.17 bits per heavy atom. The molecule has 4 nitrogen and oxygen atoms in total. The minimum Gasteiger partial charge on any atom is -0.309 e. The number of benzene rings is 10. The summed E-state index contributed by atoms with van der Waals surface area (Å²) in [6.07, 6.45) is -4.96. The van der Waals surface area contributed by atoms with Crippen molar-refractivity contribution in [3.63, 3.8) is 0 Å². The van der Waals surface area contributed by atoms with Crippen LogP contribution in [0.3, 0.4) is 0 Å². The monoisotopic (exact) mass is 918 g/mol. The summed E-state index contributed by atoms with van der Waals surface area (Å²) in [5, 5.41) is 6.23. The van der Waals surface area contributed by atoms with Gasteiger partial charge in [-0.25, -0.2) is 8.78 Å². The summed E-state index contributed by atoms with van der Waals surface area (Å²) in [6, 6.07) is 64.5. The summed E-state index contributed by atoms with van der Waals surface area (Å²) in [5.41, 5.74) is 5.64. The Hall–Kier alpha value is -8.95. The molecule has 0 unspecified atom stereocenters. The number of rotatable bonds is 5. The van der Waals surface area contributed by atoms with Gasteiger partial charge in [0.05, 0.1) is 66.6 Å². The Balaban J connectivity index is 1.19. The number of alkyl halides is 3. The van der Waals surface area contributed by atoms with E-state index in [0.717, 1.165) is 94.7 Å². The highest BCUT2D eigenvalue weighted by Gasteiger charge is 2.38. The molecule has 334 valence electrons. The second kappa shape index (κ2) is 14.8. The normalized spacial score (nSPS) is 12.4. The molecule has 14 rings (SSSR count). The van der Waals surface area contributed by atoms with Crippen molar-refractivity contribution in [2.45, 2.75) is 6.18 Å². The Bertz CT molecular complexity index is 4460. The zero-order valence-electron chi connectivity index (χ0n) is 36.9. The van der Waals surface area contributed by atoms with Gasteiger partial charge in [-0.05, 0) is 84.9 Å². The average molecular weight is 919 g/mol. The largest absolute Gasteiger partial charge is 0.418 e. The molecule has 0 aliphatic rings. The minimum atomic E-state index is -4.96. The topological polar surface area (TPSA) is 19.7 Å². The van der Waals surface area contributed by atoms with Gasteiger partial charge in [0.25, 0.3) is 0 Å². The van der Waals surface area contributed by atoms with Crippen LogP contribution >= 0.6 is 0 Å². The molecular formula is C61H35F5N4. The lowest BCUT2D eigenvalue weighted by Crippen LogP contribution is -2.14. The SMILES string of the molecule is Fc1cccc(F)c1-c1cc(-n2c3ccccc3c3ccc4c(c5ccccc5n4-c4ccccc4)c32)c(C(F)(F)F)cc1-n1c2ccccc2c2ccc3c(c4ccccc4n3-c3ccccc3)c21. The second-order valence-electron chi connectivity index (χ2n) is 17.8. The van der Waals surface area contributed by atoms with E-state index in [0.29, 0.717) is 22.1 Å². The number of para-hydroxylation sites is 6. The highest BCUT2D eigenvalue weighted by molar-refractivity contribution is 6.28. The fourth-order valence-electron chi connectivity index (χ4n) is 11.4. The molecule has 0 aliphatic heterocycles. The van der Waals surface area contributed by atoms with Gasteiger partial charge in [0.15, 0.2) is 0 Å². The Labute approximate surface area is 395 Å². The van der Waals surface area contributed by atoms with Gasteiger partial charge in [-0.1, -0.05) is 127 Å². The molecule has 14 aromatic rings. The van der Waals surface area contributed by atoms with E-state index < -0.39 is 28.9 Å². The van der Waals surface area contributed by atoms with E-state index in [2.05, 4.69) is 9.13 Å². The van der Waals surface area contributed by atoms with Gasteiger partial charge >= 0.3 is 6.18 Å².